The van der Waals surface area contributed by atoms with E-state index in [-0.39, 0.29) is 0 Å². The quantitative estimate of drug-likeness (QED) is 0.918. The highest BCUT2D eigenvalue weighted by Gasteiger charge is 2.19. The second-order valence-corrected chi connectivity index (χ2v) is 7.82. The maximum absolute atomic E-state index is 12.0. The highest BCUT2D eigenvalue weighted by Crippen LogP contribution is 2.23. The Balaban J connectivity index is 2.19. The van der Waals surface area contributed by atoms with Crippen molar-refractivity contribution in [3.63, 3.8) is 0 Å². The highest BCUT2D eigenvalue weighted by atomic mass is 32.2. The van der Waals surface area contributed by atoms with Gasteiger partial charge in [0.25, 0.3) is 0 Å². The number of rotatable bonds is 4. The molecule has 18 heavy (non-hydrogen) atoms. The molecule has 0 radical (unpaired) electrons. The molecule has 0 amide bonds. The van der Waals surface area contributed by atoms with Gasteiger partial charge in [0.2, 0.25) is 10.0 Å². The Morgan fingerprint density at radius 1 is 1.39 bits per heavy atom. The molecule has 0 spiro atoms. The summed E-state index contributed by atoms with van der Waals surface area (Å²) in [5.74, 6) is 2.26. The molecule has 1 atom stereocenters. The van der Waals surface area contributed by atoms with E-state index < -0.39 is 10.0 Å². The van der Waals surface area contributed by atoms with E-state index in [4.69, 9.17) is 0 Å². The molecular formula is C12H18N2O2S2. The van der Waals surface area contributed by atoms with Gasteiger partial charge in [-0.1, -0.05) is 6.07 Å². The molecule has 0 aliphatic carbocycles. The number of hydrogen-bond acceptors (Lipinski definition) is 4. The normalized spacial score (nSPS) is 20.3. The van der Waals surface area contributed by atoms with E-state index in [0.29, 0.717) is 10.9 Å². The summed E-state index contributed by atoms with van der Waals surface area (Å²) in [6.07, 6.45) is 1.13. The van der Waals surface area contributed by atoms with Gasteiger partial charge in [-0.15, -0.1) is 0 Å². The minimum Gasteiger partial charge on any atom is -0.381 e. The van der Waals surface area contributed by atoms with Crippen LogP contribution in [0.3, 0.4) is 0 Å². The predicted molar refractivity (Wildman–Crippen MR) is 76.7 cm³/mol. The van der Waals surface area contributed by atoms with Crippen LogP contribution < -0.4 is 5.32 Å². The maximum Gasteiger partial charge on any atom is 0.242 e. The SMILES string of the molecule is CN(C)S(=O)(=O)c1cccc(NC2CCSC2)c1. The standard InChI is InChI=1S/C12H18N2O2S2/c1-14(2)18(15,16)12-5-3-4-10(8-12)13-11-6-7-17-9-11/h3-5,8,11,13H,6-7,9H2,1-2H3. The highest BCUT2D eigenvalue weighted by molar-refractivity contribution is 7.99. The van der Waals surface area contributed by atoms with Gasteiger partial charge < -0.3 is 5.32 Å². The molecule has 1 aliphatic heterocycles. The van der Waals surface area contributed by atoms with Crippen LogP contribution in [0.25, 0.3) is 0 Å². The van der Waals surface area contributed by atoms with Crippen molar-refractivity contribution in [2.75, 3.05) is 30.9 Å². The number of nitrogens with one attached hydrogen (secondary N) is 1. The average molecular weight is 286 g/mol. The molecule has 1 aromatic carbocycles. The topological polar surface area (TPSA) is 49.4 Å². The zero-order chi connectivity index (χ0) is 13.2. The van der Waals surface area contributed by atoms with Gasteiger partial charge in [-0.2, -0.15) is 11.8 Å². The fourth-order valence-corrected chi connectivity index (χ4v) is 3.94. The van der Waals surface area contributed by atoms with Crippen molar-refractivity contribution in [2.45, 2.75) is 17.4 Å². The maximum atomic E-state index is 12.0. The molecule has 0 aromatic heterocycles. The van der Waals surface area contributed by atoms with E-state index in [1.165, 1.54) is 10.1 Å². The van der Waals surface area contributed by atoms with Crippen LogP contribution in [-0.4, -0.2) is 44.4 Å². The lowest BCUT2D eigenvalue weighted by molar-refractivity contribution is 0.521. The Hall–Kier alpha value is -0.720. The van der Waals surface area contributed by atoms with Crippen LogP contribution in [0.15, 0.2) is 29.2 Å². The minimum atomic E-state index is -3.34. The van der Waals surface area contributed by atoms with Gasteiger partial charge in [0.15, 0.2) is 0 Å². The van der Waals surface area contributed by atoms with Crippen molar-refractivity contribution in [3.8, 4) is 0 Å². The first-order chi connectivity index (χ1) is 8.50. The monoisotopic (exact) mass is 286 g/mol. The number of nitrogens with zero attached hydrogens (tertiary/aromatic N) is 1. The Kier molecular flexibility index (Phi) is 4.19. The van der Waals surface area contributed by atoms with Crippen molar-refractivity contribution >= 4 is 27.5 Å². The van der Waals surface area contributed by atoms with Gasteiger partial charge >= 0.3 is 0 Å². The van der Waals surface area contributed by atoms with E-state index in [1.807, 2.05) is 17.8 Å². The summed E-state index contributed by atoms with van der Waals surface area (Å²) in [4.78, 5) is 0.336. The van der Waals surface area contributed by atoms with Crippen molar-refractivity contribution in [1.82, 2.24) is 4.31 Å². The largest absolute Gasteiger partial charge is 0.381 e. The van der Waals surface area contributed by atoms with Crippen molar-refractivity contribution in [2.24, 2.45) is 0 Å². The minimum absolute atomic E-state index is 0.336. The molecule has 1 heterocycles. The van der Waals surface area contributed by atoms with Crippen LogP contribution >= 0.6 is 11.8 Å². The predicted octanol–water partition coefficient (Wildman–Crippen LogP) is 1.85. The number of sulfonamides is 1. The van der Waals surface area contributed by atoms with Crippen LogP contribution in [0.2, 0.25) is 0 Å². The lowest BCUT2D eigenvalue weighted by atomic mass is 10.2. The molecule has 1 aliphatic rings. The molecule has 1 unspecified atom stereocenters. The molecule has 6 heteroatoms. The molecule has 100 valence electrons. The first kappa shape index (κ1) is 13.7. The summed E-state index contributed by atoms with van der Waals surface area (Å²) in [5, 5.41) is 3.39. The lowest BCUT2D eigenvalue weighted by Crippen LogP contribution is -2.23. The first-order valence-electron chi connectivity index (χ1n) is 5.87. The van der Waals surface area contributed by atoms with Gasteiger partial charge in [-0.05, 0) is 30.4 Å². The number of anilines is 1. The zero-order valence-electron chi connectivity index (χ0n) is 10.6. The Morgan fingerprint density at radius 3 is 2.78 bits per heavy atom. The van der Waals surface area contributed by atoms with Gasteiger partial charge in [0, 0.05) is 31.6 Å². The fraction of sp³-hybridized carbons (Fsp3) is 0.500. The summed E-state index contributed by atoms with van der Waals surface area (Å²) in [7, 11) is -0.256. The summed E-state index contributed by atoms with van der Waals surface area (Å²) < 4.78 is 25.3. The molecule has 0 bridgehead atoms. The summed E-state index contributed by atoms with van der Waals surface area (Å²) in [6, 6.07) is 7.48. The Bertz CT molecular complexity index is 509. The zero-order valence-corrected chi connectivity index (χ0v) is 12.2. The third-order valence-electron chi connectivity index (χ3n) is 2.91. The van der Waals surface area contributed by atoms with Gasteiger partial charge in [0.05, 0.1) is 4.90 Å². The Labute approximate surface area is 113 Å². The van der Waals surface area contributed by atoms with Gasteiger partial charge in [-0.3, -0.25) is 0 Å². The van der Waals surface area contributed by atoms with Crippen LogP contribution in [0.1, 0.15) is 6.42 Å². The van der Waals surface area contributed by atoms with Crippen LogP contribution in [-0.2, 0) is 10.0 Å². The molecule has 0 saturated carbocycles. The van der Waals surface area contributed by atoms with Crippen LogP contribution in [0.5, 0.6) is 0 Å². The number of hydrogen-bond donors (Lipinski definition) is 1. The second kappa shape index (κ2) is 5.50. The fourth-order valence-electron chi connectivity index (χ4n) is 1.84. The van der Waals surface area contributed by atoms with E-state index in [1.54, 1.807) is 32.3 Å². The van der Waals surface area contributed by atoms with Crippen LogP contribution in [0.4, 0.5) is 5.69 Å². The molecule has 1 fully saturated rings. The molecule has 1 N–H and O–H groups in total. The van der Waals surface area contributed by atoms with Gasteiger partial charge in [0.1, 0.15) is 0 Å². The third kappa shape index (κ3) is 2.99. The van der Waals surface area contributed by atoms with Crippen LogP contribution in [0, 0.1) is 0 Å². The van der Waals surface area contributed by atoms with Crippen molar-refractivity contribution < 1.29 is 8.42 Å². The molecule has 1 aromatic rings. The van der Waals surface area contributed by atoms with Crippen molar-refractivity contribution in [3.05, 3.63) is 24.3 Å². The van der Waals surface area contributed by atoms with E-state index in [0.717, 1.165) is 17.9 Å². The molecule has 2 rings (SSSR count). The van der Waals surface area contributed by atoms with Crippen molar-refractivity contribution in [1.29, 1.82) is 0 Å². The smallest absolute Gasteiger partial charge is 0.242 e. The summed E-state index contributed by atoms with van der Waals surface area (Å²) >= 11 is 1.93. The second-order valence-electron chi connectivity index (χ2n) is 4.52. The third-order valence-corrected chi connectivity index (χ3v) is 5.89. The van der Waals surface area contributed by atoms with Gasteiger partial charge in [-0.25, -0.2) is 12.7 Å². The molecule has 1 saturated heterocycles. The lowest BCUT2D eigenvalue weighted by Gasteiger charge is -2.15. The van der Waals surface area contributed by atoms with E-state index >= 15 is 0 Å². The summed E-state index contributed by atoms with van der Waals surface area (Å²) in [6.45, 7) is 0. The molecule has 4 nitrogen and oxygen atoms in total. The number of thioether (sulfide) groups is 1. The first-order valence-corrected chi connectivity index (χ1v) is 8.46. The summed E-state index contributed by atoms with van der Waals surface area (Å²) in [5.41, 5.74) is 0.880. The number of benzene rings is 1. The molecular weight excluding hydrogens is 268 g/mol. The van der Waals surface area contributed by atoms with E-state index in [9.17, 15) is 8.42 Å². The average Bonchev–Trinajstić information content (AvgIpc) is 2.82. The van der Waals surface area contributed by atoms with E-state index in [2.05, 4.69) is 5.32 Å². The Morgan fingerprint density at radius 2 is 2.17 bits per heavy atom.